The number of rotatable bonds is 5. The van der Waals surface area contributed by atoms with E-state index in [0.717, 1.165) is 23.1 Å². The van der Waals surface area contributed by atoms with E-state index in [2.05, 4.69) is 27.5 Å². The molecule has 0 aliphatic heterocycles. The summed E-state index contributed by atoms with van der Waals surface area (Å²) < 4.78 is 1.76. The van der Waals surface area contributed by atoms with Gasteiger partial charge in [0.1, 0.15) is 0 Å². The van der Waals surface area contributed by atoms with Gasteiger partial charge < -0.3 is 5.32 Å². The van der Waals surface area contributed by atoms with Crippen LogP contribution in [0.5, 0.6) is 0 Å². The van der Waals surface area contributed by atoms with E-state index in [0.29, 0.717) is 5.92 Å². The highest BCUT2D eigenvalue weighted by atomic mass is 16.1. The second-order valence-electron chi connectivity index (χ2n) is 6.57. The minimum Gasteiger partial charge on any atom is -0.349 e. The van der Waals surface area contributed by atoms with Crippen LogP contribution in [0, 0.1) is 0 Å². The van der Waals surface area contributed by atoms with Gasteiger partial charge in [-0.1, -0.05) is 30.3 Å². The molecule has 1 saturated carbocycles. The third kappa shape index (κ3) is 3.57. The molecule has 26 heavy (non-hydrogen) atoms. The van der Waals surface area contributed by atoms with Crippen molar-refractivity contribution in [1.82, 2.24) is 20.1 Å². The number of carbonyl (C=O) groups is 1. The number of amides is 1. The second kappa shape index (κ2) is 6.96. The summed E-state index contributed by atoms with van der Waals surface area (Å²) in [6.45, 7) is 0. The molecule has 1 aliphatic carbocycles. The van der Waals surface area contributed by atoms with Gasteiger partial charge in [-0.2, -0.15) is 5.10 Å². The van der Waals surface area contributed by atoms with Crippen molar-refractivity contribution in [3.05, 3.63) is 78.4 Å². The Kier molecular flexibility index (Phi) is 4.35. The summed E-state index contributed by atoms with van der Waals surface area (Å²) in [6.07, 6.45) is 11.6. The largest absolute Gasteiger partial charge is 0.349 e. The molecule has 1 aliphatic rings. The van der Waals surface area contributed by atoms with Crippen LogP contribution in [0.15, 0.2) is 67.3 Å². The minimum atomic E-state index is -0.0746. The molecule has 130 valence electrons. The Morgan fingerprint density at radius 3 is 2.85 bits per heavy atom. The van der Waals surface area contributed by atoms with Crippen LogP contribution in [-0.2, 0) is 11.8 Å². The lowest BCUT2D eigenvalue weighted by atomic mass is 10.0. The van der Waals surface area contributed by atoms with Crippen LogP contribution in [0.1, 0.15) is 23.5 Å². The minimum absolute atomic E-state index is 0.0746. The Morgan fingerprint density at radius 1 is 1.23 bits per heavy atom. The molecular formula is C21H20N4O. The molecule has 5 nitrogen and oxygen atoms in total. The molecule has 1 aromatic carbocycles. The lowest BCUT2D eigenvalue weighted by molar-refractivity contribution is -0.116. The smallest absolute Gasteiger partial charge is 0.244 e. The van der Waals surface area contributed by atoms with Gasteiger partial charge in [0.25, 0.3) is 0 Å². The van der Waals surface area contributed by atoms with Crippen LogP contribution in [0.25, 0.3) is 17.2 Å². The van der Waals surface area contributed by atoms with Crippen molar-refractivity contribution in [2.75, 3.05) is 0 Å². The summed E-state index contributed by atoms with van der Waals surface area (Å²) in [5.41, 5.74) is 4.19. The van der Waals surface area contributed by atoms with Gasteiger partial charge >= 0.3 is 0 Å². The molecule has 3 aromatic rings. The van der Waals surface area contributed by atoms with Crippen LogP contribution in [-0.4, -0.2) is 26.7 Å². The molecule has 2 unspecified atom stereocenters. The summed E-state index contributed by atoms with van der Waals surface area (Å²) in [5, 5.41) is 7.28. The predicted octanol–water partition coefficient (Wildman–Crippen LogP) is 3.17. The maximum Gasteiger partial charge on any atom is 0.244 e. The fraction of sp³-hybridized carbons (Fsp3) is 0.190. The summed E-state index contributed by atoms with van der Waals surface area (Å²) in [5.74, 6) is 0.354. The first kappa shape index (κ1) is 16.3. The lowest BCUT2D eigenvalue weighted by Crippen LogP contribution is -2.24. The third-order valence-corrected chi connectivity index (χ3v) is 4.63. The predicted molar refractivity (Wildman–Crippen MR) is 101 cm³/mol. The number of pyridine rings is 1. The topological polar surface area (TPSA) is 59.8 Å². The number of nitrogens with zero attached hydrogens (tertiary/aromatic N) is 3. The average molecular weight is 344 g/mol. The van der Waals surface area contributed by atoms with Crippen molar-refractivity contribution in [3.63, 3.8) is 0 Å². The van der Waals surface area contributed by atoms with Gasteiger partial charge in [-0.15, -0.1) is 0 Å². The Morgan fingerprint density at radius 2 is 2.08 bits per heavy atom. The van der Waals surface area contributed by atoms with E-state index >= 15 is 0 Å². The number of carbonyl (C=O) groups excluding carboxylic acids is 1. The molecule has 0 radical (unpaired) electrons. The third-order valence-electron chi connectivity index (χ3n) is 4.63. The van der Waals surface area contributed by atoms with Crippen molar-refractivity contribution < 1.29 is 4.79 Å². The fourth-order valence-corrected chi connectivity index (χ4v) is 3.18. The molecule has 2 aromatic heterocycles. The standard InChI is InChI=1S/C21H20N4O/c1-25-14-17(13-23-25)18-9-10-22-12-16(18)7-8-21(26)24-20-11-19(20)15-5-3-2-4-6-15/h2-10,12-14,19-20H,11H2,1H3,(H,24,26)/b8-7+. The molecule has 4 rings (SSSR count). The highest BCUT2D eigenvalue weighted by molar-refractivity contribution is 5.93. The first-order valence-electron chi connectivity index (χ1n) is 8.67. The zero-order chi connectivity index (χ0) is 17.9. The number of hydrogen-bond donors (Lipinski definition) is 1. The van der Waals surface area contributed by atoms with E-state index in [1.54, 1.807) is 29.3 Å². The van der Waals surface area contributed by atoms with Crippen LogP contribution in [0.2, 0.25) is 0 Å². The zero-order valence-electron chi connectivity index (χ0n) is 14.5. The van der Waals surface area contributed by atoms with E-state index < -0.39 is 0 Å². The Balaban J connectivity index is 1.42. The average Bonchev–Trinajstić information content (AvgIpc) is 3.30. The van der Waals surface area contributed by atoms with Crippen molar-refractivity contribution in [2.45, 2.75) is 18.4 Å². The summed E-state index contributed by atoms with van der Waals surface area (Å²) in [4.78, 5) is 16.4. The maximum atomic E-state index is 12.3. The monoisotopic (exact) mass is 344 g/mol. The van der Waals surface area contributed by atoms with Gasteiger partial charge in [0.05, 0.1) is 6.20 Å². The molecule has 1 N–H and O–H groups in total. The maximum absolute atomic E-state index is 12.3. The molecule has 2 heterocycles. The Hall–Kier alpha value is -3.21. The lowest BCUT2D eigenvalue weighted by Gasteiger charge is -2.04. The van der Waals surface area contributed by atoms with Crippen molar-refractivity contribution >= 4 is 12.0 Å². The van der Waals surface area contributed by atoms with Crippen LogP contribution < -0.4 is 5.32 Å². The van der Waals surface area contributed by atoms with Crippen molar-refractivity contribution in [3.8, 4) is 11.1 Å². The van der Waals surface area contributed by atoms with E-state index in [1.807, 2.05) is 43.6 Å². The molecule has 0 bridgehead atoms. The van der Waals surface area contributed by atoms with Crippen LogP contribution in [0.4, 0.5) is 0 Å². The SMILES string of the molecule is Cn1cc(-c2ccncc2/C=C/C(=O)NC2CC2c2ccccc2)cn1. The van der Waals surface area contributed by atoms with Gasteiger partial charge in [-0.05, 0) is 29.7 Å². The van der Waals surface area contributed by atoms with Gasteiger partial charge in [-0.3, -0.25) is 14.5 Å². The van der Waals surface area contributed by atoms with Crippen LogP contribution in [0.3, 0.4) is 0 Å². The van der Waals surface area contributed by atoms with Crippen LogP contribution >= 0.6 is 0 Å². The van der Waals surface area contributed by atoms with Crippen molar-refractivity contribution in [2.24, 2.45) is 7.05 Å². The van der Waals surface area contributed by atoms with Crippen molar-refractivity contribution in [1.29, 1.82) is 0 Å². The molecule has 1 amide bonds. The molecule has 0 spiro atoms. The highest BCUT2D eigenvalue weighted by Gasteiger charge is 2.38. The Bertz CT molecular complexity index is 945. The first-order valence-corrected chi connectivity index (χ1v) is 8.67. The first-order chi connectivity index (χ1) is 12.7. The number of aromatic nitrogens is 3. The number of benzene rings is 1. The molecule has 5 heteroatoms. The second-order valence-corrected chi connectivity index (χ2v) is 6.57. The molecular weight excluding hydrogens is 324 g/mol. The number of hydrogen-bond acceptors (Lipinski definition) is 3. The quantitative estimate of drug-likeness (QED) is 0.723. The van der Waals surface area contributed by atoms with Gasteiger partial charge in [0.15, 0.2) is 0 Å². The van der Waals surface area contributed by atoms with Gasteiger partial charge in [-0.25, -0.2) is 0 Å². The van der Waals surface area contributed by atoms with Gasteiger partial charge in [0, 0.05) is 54.8 Å². The van der Waals surface area contributed by atoms with Gasteiger partial charge in [0.2, 0.25) is 5.91 Å². The highest BCUT2D eigenvalue weighted by Crippen LogP contribution is 2.40. The van der Waals surface area contributed by atoms with E-state index in [9.17, 15) is 4.79 Å². The summed E-state index contributed by atoms with van der Waals surface area (Å²) >= 11 is 0. The van der Waals surface area contributed by atoms with E-state index in [1.165, 1.54) is 5.56 Å². The van der Waals surface area contributed by atoms with E-state index in [4.69, 9.17) is 0 Å². The number of aryl methyl sites for hydroxylation is 1. The fourth-order valence-electron chi connectivity index (χ4n) is 3.18. The molecule has 1 fully saturated rings. The summed E-state index contributed by atoms with van der Waals surface area (Å²) in [6, 6.07) is 12.5. The normalized spacial score (nSPS) is 18.8. The Labute approximate surface area is 152 Å². The zero-order valence-corrected chi connectivity index (χ0v) is 14.5. The summed E-state index contributed by atoms with van der Waals surface area (Å²) in [7, 11) is 1.88. The molecule has 0 saturated heterocycles. The number of nitrogens with one attached hydrogen (secondary N) is 1. The van der Waals surface area contributed by atoms with E-state index in [-0.39, 0.29) is 11.9 Å². The molecule has 2 atom stereocenters.